The number of halogens is 4. The zero-order valence-electron chi connectivity index (χ0n) is 9.79. The molecule has 0 aliphatic rings. The zero-order valence-corrected chi connectivity index (χ0v) is 17.0. The van der Waals surface area contributed by atoms with Gasteiger partial charge in [-0.3, -0.25) is 0 Å². The number of rotatable bonds is 2. The van der Waals surface area contributed by atoms with Crippen molar-refractivity contribution < 1.29 is 4.21 Å². The highest BCUT2D eigenvalue weighted by Crippen LogP contribution is 2.35. The first-order chi connectivity index (χ1) is 9.31. The molecule has 2 rings (SSSR count). The van der Waals surface area contributed by atoms with Gasteiger partial charge in [0.1, 0.15) is 0 Å². The molecule has 0 saturated heterocycles. The Morgan fingerprint density at radius 3 is 1.20 bits per heavy atom. The Hall–Kier alpha value is 0.110. The van der Waals surface area contributed by atoms with Crippen molar-refractivity contribution in [1.29, 1.82) is 0 Å². The molecule has 0 unspecified atom stereocenters. The van der Waals surface area contributed by atoms with Crippen molar-refractivity contribution in [2.45, 2.75) is 9.79 Å². The molecule has 8 heteroatoms. The van der Waals surface area contributed by atoms with Crippen LogP contribution in [0, 0.1) is 0 Å². The van der Waals surface area contributed by atoms with Crippen LogP contribution in [0.2, 0.25) is 0 Å². The van der Waals surface area contributed by atoms with Gasteiger partial charge in [-0.1, -0.05) is 0 Å². The number of nitrogens with two attached hydrogens (primary N) is 2. The van der Waals surface area contributed by atoms with Gasteiger partial charge >= 0.3 is 0 Å². The normalized spacial score (nSPS) is 11.1. The predicted molar refractivity (Wildman–Crippen MR) is 97.2 cm³/mol. The Morgan fingerprint density at radius 1 is 0.700 bits per heavy atom. The first kappa shape index (κ1) is 16.5. The molecular weight excluding hydrogens is 540 g/mol. The van der Waals surface area contributed by atoms with Gasteiger partial charge < -0.3 is 11.5 Å². The number of nitrogen functional groups attached to an aromatic ring is 2. The third-order valence-electron chi connectivity index (χ3n) is 2.53. The second kappa shape index (κ2) is 6.48. The molecule has 0 aromatic heterocycles. The van der Waals surface area contributed by atoms with Crippen LogP contribution in [-0.2, 0) is 10.8 Å². The number of hydrogen-bond donors (Lipinski definition) is 2. The first-order valence-corrected chi connectivity index (χ1v) is 9.54. The van der Waals surface area contributed by atoms with Crippen LogP contribution in [0.25, 0.3) is 0 Å². The Kier molecular flexibility index (Phi) is 5.34. The fourth-order valence-corrected chi connectivity index (χ4v) is 5.62. The second-order valence-electron chi connectivity index (χ2n) is 3.87. The SMILES string of the molecule is Nc1c(Br)cc(S(=O)c2cc(Br)c(N)c(Br)c2)cc1Br. The lowest BCUT2D eigenvalue weighted by molar-refractivity contribution is 0.683. The van der Waals surface area contributed by atoms with Crippen LogP contribution in [0.5, 0.6) is 0 Å². The first-order valence-electron chi connectivity index (χ1n) is 5.22. The Bertz CT molecular complexity index is 615. The summed E-state index contributed by atoms with van der Waals surface area (Å²) in [6.45, 7) is 0. The summed E-state index contributed by atoms with van der Waals surface area (Å²) in [5.74, 6) is 0. The standard InChI is InChI=1S/C12H8Br4N2OS/c13-7-1-5(2-8(14)11(7)17)20(19)6-3-9(15)12(18)10(16)4-6/h1-4H,17-18H2. The van der Waals surface area contributed by atoms with Crippen molar-refractivity contribution in [1.82, 2.24) is 0 Å². The highest BCUT2D eigenvalue weighted by atomic mass is 79.9. The average Bonchev–Trinajstić information content (AvgIpc) is 2.40. The molecule has 0 bridgehead atoms. The van der Waals surface area contributed by atoms with Gasteiger partial charge in [0.15, 0.2) is 0 Å². The van der Waals surface area contributed by atoms with Gasteiger partial charge in [0, 0.05) is 27.7 Å². The molecule has 0 aliphatic carbocycles. The van der Waals surface area contributed by atoms with E-state index in [0.717, 1.165) is 0 Å². The van der Waals surface area contributed by atoms with Gasteiger partial charge in [-0.2, -0.15) is 0 Å². The van der Waals surface area contributed by atoms with Gasteiger partial charge in [-0.15, -0.1) is 0 Å². The summed E-state index contributed by atoms with van der Waals surface area (Å²) in [6.07, 6.45) is 0. The minimum absolute atomic E-state index is 0.574. The summed E-state index contributed by atoms with van der Waals surface area (Å²) < 4.78 is 15.4. The fourth-order valence-electron chi connectivity index (χ4n) is 1.47. The lowest BCUT2D eigenvalue weighted by Gasteiger charge is -2.09. The summed E-state index contributed by atoms with van der Waals surface area (Å²) in [4.78, 5) is 1.28. The van der Waals surface area contributed by atoms with E-state index in [2.05, 4.69) is 63.7 Å². The molecule has 4 N–H and O–H groups in total. The molecule has 20 heavy (non-hydrogen) atoms. The van der Waals surface area contributed by atoms with E-state index in [4.69, 9.17) is 11.5 Å². The van der Waals surface area contributed by atoms with Crippen molar-refractivity contribution in [2.24, 2.45) is 0 Å². The van der Waals surface area contributed by atoms with Crippen molar-refractivity contribution in [3.05, 3.63) is 42.2 Å². The number of anilines is 2. The average molecular weight is 548 g/mol. The van der Waals surface area contributed by atoms with E-state index in [1.165, 1.54) is 0 Å². The molecule has 0 radical (unpaired) electrons. The van der Waals surface area contributed by atoms with Crippen LogP contribution in [-0.4, -0.2) is 4.21 Å². The van der Waals surface area contributed by atoms with Crippen LogP contribution in [0.3, 0.4) is 0 Å². The molecule has 0 heterocycles. The molecule has 3 nitrogen and oxygen atoms in total. The highest BCUT2D eigenvalue weighted by molar-refractivity contribution is 9.11. The molecule has 106 valence electrons. The maximum Gasteiger partial charge on any atom is 0.0851 e. The van der Waals surface area contributed by atoms with E-state index in [0.29, 0.717) is 39.1 Å². The van der Waals surface area contributed by atoms with Gasteiger partial charge in [-0.25, -0.2) is 4.21 Å². The van der Waals surface area contributed by atoms with Crippen molar-refractivity contribution in [3.63, 3.8) is 0 Å². The van der Waals surface area contributed by atoms with Crippen molar-refractivity contribution in [2.75, 3.05) is 11.5 Å². The van der Waals surface area contributed by atoms with Gasteiger partial charge in [0.2, 0.25) is 0 Å². The van der Waals surface area contributed by atoms with Crippen LogP contribution < -0.4 is 11.5 Å². The monoisotopic (exact) mass is 544 g/mol. The summed E-state index contributed by atoms with van der Waals surface area (Å²) in [6, 6.07) is 6.98. The van der Waals surface area contributed by atoms with Crippen LogP contribution >= 0.6 is 63.7 Å². The summed E-state index contributed by atoms with van der Waals surface area (Å²) in [5.41, 5.74) is 12.8. The van der Waals surface area contributed by atoms with E-state index in [9.17, 15) is 4.21 Å². The van der Waals surface area contributed by atoms with Gasteiger partial charge in [0.05, 0.1) is 22.2 Å². The quantitative estimate of drug-likeness (QED) is 0.516. The third-order valence-corrected chi connectivity index (χ3v) is 6.49. The smallest absolute Gasteiger partial charge is 0.0851 e. The molecule has 2 aromatic rings. The summed E-state index contributed by atoms with van der Waals surface area (Å²) >= 11 is 13.4. The maximum atomic E-state index is 12.6. The Balaban J connectivity index is 2.52. The lowest BCUT2D eigenvalue weighted by atomic mass is 10.3. The van der Waals surface area contributed by atoms with Crippen LogP contribution in [0.4, 0.5) is 11.4 Å². The molecule has 0 aliphatic heterocycles. The molecule has 2 aromatic carbocycles. The molecule has 0 atom stereocenters. The van der Waals surface area contributed by atoms with Crippen LogP contribution in [0.1, 0.15) is 0 Å². The minimum atomic E-state index is -1.34. The van der Waals surface area contributed by atoms with E-state index < -0.39 is 10.8 Å². The van der Waals surface area contributed by atoms with Crippen molar-refractivity contribution in [3.8, 4) is 0 Å². The third kappa shape index (κ3) is 3.30. The Labute approximate surface area is 152 Å². The summed E-state index contributed by atoms with van der Waals surface area (Å²) in [5, 5.41) is 0. The largest absolute Gasteiger partial charge is 0.397 e. The second-order valence-corrected chi connectivity index (χ2v) is 8.77. The molecule has 0 fully saturated rings. The minimum Gasteiger partial charge on any atom is -0.397 e. The van der Waals surface area contributed by atoms with Gasteiger partial charge in [-0.05, 0) is 88.0 Å². The molecular formula is C12H8Br4N2OS. The highest BCUT2D eigenvalue weighted by Gasteiger charge is 2.14. The molecule has 0 spiro atoms. The van der Waals surface area contributed by atoms with E-state index in [-0.39, 0.29) is 0 Å². The van der Waals surface area contributed by atoms with Gasteiger partial charge in [0.25, 0.3) is 0 Å². The molecule has 0 saturated carbocycles. The van der Waals surface area contributed by atoms with E-state index >= 15 is 0 Å². The number of benzene rings is 2. The lowest BCUT2D eigenvalue weighted by Crippen LogP contribution is -1.98. The van der Waals surface area contributed by atoms with E-state index in [1.54, 1.807) is 24.3 Å². The predicted octanol–water partition coefficient (Wildman–Crippen LogP) is 5.07. The van der Waals surface area contributed by atoms with Crippen LogP contribution in [0.15, 0.2) is 51.9 Å². The zero-order chi connectivity index (χ0) is 15.0. The Morgan fingerprint density at radius 2 is 0.950 bits per heavy atom. The number of hydrogen-bond acceptors (Lipinski definition) is 3. The topological polar surface area (TPSA) is 69.1 Å². The molecule has 0 amide bonds. The van der Waals surface area contributed by atoms with E-state index in [1.807, 2.05) is 0 Å². The fraction of sp³-hybridized carbons (Fsp3) is 0. The summed E-state index contributed by atoms with van der Waals surface area (Å²) in [7, 11) is -1.34. The maximum absolute atomic E-state index is 12.6. The van der Waals surface area contributed by atoms with Crippen molar-refractivity contribution >= 4 is 85.9 Å².